The monoisotopic (exact) mass is 295 g/mol. The van der Waals surface area contributed by atoms with Gasteiger partial charge in [-0.05, 0) is 41.9 Å². The minimum atomic E-state index is 0.140. The lowest BCUT2D eigenvalue weighted by Crippen LogP contribution is -2.38. The van der Waals surface area contributed by atoms with Crippen LogP contribution in [0, 0.1) is 11.3 Å². The third-order valence-electron chi connectivity index (χ3n) is 4.40. The minimum absolute atomic E-state index is 0.140. The van der Waals surface area contributed by atoms with Crippen LogP contribution in [-0.4, -0.2) is 34.4 Å². The summed E-state index contributed by atoms with van der Waals surface area (Å²) in [6, 6.07) is 6.47. The van der Waals surface area contributed by atoms with Crippen LogP contribution in [0.4, 0.5) is 0 Å². The lowest BCUT2D eigenvalue weighted by atomic mass is 9.80. The highest BCUT2D eigenvalue weighted by molar-refractivity contribution is 5.74. The first kappa shape index (κ1) is 14.5. The molecular formula is C17H21N5. The van der Waals surface area contributed by atoms with Crippen LogP contribution in [0.5, 0.6) is 0 Å². The van der Waals surface area contributed by atoms with E-state index in [0.29, 0.717) is 5.92 Å². The normalized spacial score (nSPS) is 16.9. The fourth-order valence-corrected chi connectivity index (χ4v) is 3.23. The molecule has 3 N–H and O–H groups in total. The van der Waals surface area contributed by atoms with Crippen LogP contribution < -0.4 is 5.73 Å². The smallest absolute Gasteiger partial charge is 0.188 e. The predicted molar refractivity (Wildman–Crippen MR) is 87.5 cm³/mol. The molecule has 0 radical (unpaired) electrons. The third kappa shape index (κ3) is 2.93. The second kappa shape index (κ2) is 6.13. The van der Waals surface area contributed by atoms with Crippen molar-refractivity contribution in [2.24, 2.45) is 11.7 Å². The van der Waals surface area contributed by atoms with Crippen molar-refractivity contribution in [1.29, 1.82) is 5.41 Å². The molecule has 5 nitrogen and oxygen atoms in total. The van der Waals surface area contributed by atoms with Gasteiger partial charge in [0.05, 0.1) is 0 Å². The molecule has 3 rings (SSSR count). The zero-order valence-electron chi connectivity index (χ0n) is 12.8. The standard InChI is InChI=1S/C17H21N5/c1-22(17(18)19)10-12-5-6-16-13(7-12)3-2-4-15(16)14-8-20-11-21-9-14/h2-4,8-9,11-12H,5-7,10H2,1H3,(H3,18,19). The lowest BCUT2D eigenvalue weighted by molar-refractivity contribution is 0.347. The van der Waals surface area contributed by atoms with Crippen molar-refractivity contribution in [2.45, 2.75) is 19.3 Å². The maximum atomic E-state index is 7.50. The highest BCUT2D eigenvalue weighted by atomic mass is 15.2. The van der Waals surface area contributed by atoms with Gasteiger partial charge >= 0.3 is 0 Å². The quantitative estimate of drug-likeness (QED) is 0.671. The predicted octanol–water partition coefficient (Wildman–Crippen LogP) is 2.07. The van der Waals surface area contributed by atoms with Gasteiger partial charge in [-0.1, -0.05) is 18.2 Å². The molecule has 1 unspecified atom stereocenters. The number of hydrogen-bond donors (Lipinski definition) is 2. The topological polar surface area (TPSA) is 78.9 Å². The van der Waals surface area contributed by atoms with Crippen molar-refractivity contribution in [3.8, 4) is 11.1 Å². The van der Waals surface area contributed by atoms with E-state index >= 15 is 0 Å². The number of benzene rings is 1. The Kier molecular flexibility index (Phi) is 4.04. The summed E-state index contributed by atoms with van der Waals surface area (Å²) in [7, 11) is 1.88. The highest BCUT2D eigenvalue weighted by Crippen LogP contribution is 2.33. The van der Waals surface area contributed by atoms with E-state index in [1.165, 1.54) is 16.7 Å². The van der Waals surface area contributed by atoms with Gasteiger partial charge in [0.1, 0.15) is 6.33 Å². The van der Waals surface area contributed by atoms with Crippen molar-refractivity contribution < 1.29 is 0 Å². The molecule has 1 atom stereocenters. The van der Waals surface area contributed by atoms with Gasteiger partial charge in [-0.2, -0.15) is 0 Å². The van der Waals surface area contributed by atoms with E-state index in [2.05, 4.69) is 28.2 Å². The molecule has 22 heavy (non-hydrogen) atoms. The summed E-state index contributed by atoms with van der Waals surface area (Å²) < 4.78 is 0. The van der Waals surface area contributed by atoms with Gasteiger partial charge in [0.15, 0.2) is 5.96 Å². The first-order valence-electron chi connectivity index (χ1n) is 7.56. The highest BCUT2D eigenvalue weighted by Gasteiger charge is 2.22. The lowest BCUT2D eigenvalue weighted by Gasteiger charge is -2.30. The van der Waals surface area contributed by atoms with E-state index in [1.54, 1.807) is 6.33 Å². The first-order valence-corrected chi connectivity index (χ1v) is 7.56. The molecule has 0 saturated heterocycles. The van der Waals surface area contributed by atoms with Crippen LogP contribution >= 0.6 is 0 Å². The second-order valence-electron chi connectivity index (χ2n) is 5.94. The Hall–Kier alpha value is -2.43. The molecule has 0 saturated carbocycles. The Balaban J connectivity index is 1.83. The average molecular weight is 295 g/mol. The molecule has 5 heteroatoms. The summed E-state index contributed by atoms with van der Waals surface area (Å²) >= 11 is 0. The molecule has 0 aliphatic heterocycles. The molecule has 0 bridgehead atoms. The maximum absolute atomic E-state index is 7.50. The van der Waals surface area contributed by atoms with E-state index in [1.807, 2.05) is 24.3 Å². The van der Waals surface area contributed by atoms with Gasteiger partial charge < -0.3 is 10.6 Å². The Labute approximate surface area is 130 Å². The molecule has 1 aromatic heterocycles. The van der Waals surface area contributed by atoms with Gasteiger partial charge in [-0.3, -0.25) is 5.41 Å². The van der Waals surface area contributed by atoms with Crippen molar-refractivity contribution in [2.75, 3.05) is 13.6 Å². The number of aromatic nitrogens is 2. The number of nitrogens with two attached hydrogens (primary N) is 1. The SMILES string of the molecule is CN(CC1CCc2c(cccc2-c2cncnc2)C1)C(=N)N. The number of hydrogen-bond acceptors (Lipinski definition) is 3. The summed E-state index contributed by atoms with van der Waals surface area (Å²) in [6.07, 6.45) is 8.52. The molecule has 1 aliphatic carbocycles. The number of nitrogens with one attached hydrogen (secondary N) is 1. The Morgan fingerprint density at radius 1 is 1.36 bits per heavy atom. The van der Waals surface area contributed by atoms with E-state index in [0.717, 1.165) is 31.4 Å². The molecule has 1 aliphatic rings. The van der Waals surface area contributed by atoms with Crippen LogP contribution in [0.15, 0.2) is 36.9 Å². The average Bonchev–Trinajstić information content (AvgIpc) is 2.54. The molecular weight excluding hydrogens is 274 g/mol. The number of guanidine groups is 1. The van der Waals surface area contributed by atoms with Gasteiger partial charge in [0, 0.05) is 31.5 Å². The van der Waals surface area contributed by atoms with Gasteiger partial charge in [0.25, 0.3) is 0 Å². The Morgan fingerprint density at radius 3 is 2.86 bits per heavy atom. The van der Waals surface area contributed by atoms with Crippen LogP contribution in [0.2, 0.25) is 0 Å². The molecule has 0 amide bonds. The van der Waals surface area contributed by atoms with Crippen molar-refractivity contribution in [1.82, 2.24) is 14.9 Å². The maximum Gasteiger partial charge on any atom is 0.188 e. The van der Waals surface area contributed by atoms with E-state index in [4.69, 9.17) is 11.1 Å². The molecule has 1 heterocycles. The van der Waals surface area contributed by atoms with Gasteiger partial charge in [-0.25, -0.2) is 9.97 Å². The van der Waals surface area contributed by atoms with Crippen molar-refractivity contribution in [3.63, 3.8) is 0 Å². The van der Waals surface area contributed by atoms with E-state index < -0.39 is 0 Å². The summed E-state index contributed by atoms with van der Waals surface area (Å²) in [5.41, 5.74) is 10.7. The molecule has 1 aromatic carbocycles. The molecule has 0 spiro atoms. The van der Waals surface area contributed by atoms with Crippen LogP contribution in [0.25, 0.3) is 11.1 Å². The zero-order valence-corrected chi connectivity index (χ0v) is 12.8. The van der Waals surface area contributed by atoms with Gasteiger partial charge in [0.2, 0.25) is 0 Å². The fraction of sp³-hybridized carbons (Fsp3) is 0.353. The number of rotatable bonds is 3. The summed E-state index contributed by atoms with van der Waals surface area (Å²) in [5.74, 6) is 0.685. The Bertz CT molecular complexity index is 668. The largest absolute Gasteiger partial charge is 0.370 e. The van der Waals surface area contributed by atoms with E-state index in [-0.39, 0.29) is 5.96 Å². The van der Waals surface area contributed by atoms with Crippen molar-refractivity contribution >= 4 is 5.96 Å². The third-order valence-corrected chi connectivity index (χ3v) is 4.40. The minimum Gasteiger partial charge on any atom is -0.370 e. The molecule has 0 fully saturated rings. The summed E-state index contributed by atoms with van der Waals surface area (Å²) in [6.45, 7) is 0.841. The second-order valence-corrected chi connectivity index (χ2v) is 5.94. The summed E-state index contributed by atoms with van der Waals surface area (Å²) in [4.78, 5) is 10.1. The van der Waals surface area contributed by atoms with Crippen molar-refractivity contribution in [3.05, 3.63) is 48.0 Å². The molecule has 114 valence electrons. The van der Waals surface area contributed by atoms with Crippen LogP contribution in [0.1, 0.15) is 17.5 Å². The fourth-order valence-electron chi connectivity index (χ4n) is 3.23. The first-order chi connectivity index (χ1) is 10.6. The number of nitrogens with zero attached hydrogens (tertiary/aromatic N) is 3. The summed E-state index contributed by atoms with van der Waals surface area (Å²) in [5, 5.41) is 7.50. The number of fused-ring (bicyclic) bond motifs is 1. The molecule has 2 aromatic rings. The van der Waals surface area contributed by atoms with Crippen LogP contribution in [0.3, 0.4) is 0 Å². The van der Waals surface area contributed by atoms with Gasteiger partial charge in [-0.15, -0.1) is 0 Å². The van der Waals surface area contributed by atoms with E-state index in [9.17, 15) is 0 Å². The zero-order chi connectivity index (χ0) is 15.5. The Morgan fingerprint density at radius 2 is 2.14 bits per heavy atom. The van der Waals surface area contributed by atoms with Crippen LogP contribution in [-0.2, 0) is 12.8 Å².